The number of hydrogen-bond donors (Lipinski definition) is 0. The fourth-order valence-electron chi connectivity index (χ4n) is 37.0. The van der Waals surface area contributed by atoms with Crippen LogP contribution in [0, 0.1) is 236 Å². The standard InChI is InChI=1S/2C57H93O5.10Y/c1-10-42(11-2)60-35-43(62-53(59)29-19-37(3)46-24-26-48-44-22-20-40-16-12-14-31-54(40,6)49(44)30-33-56(46,48)8)36-61-52(58)28-18-38(4)47-25-27-50-45-23-21-41-17-13-15-32-55(41,7)51(45)34-39(5)57(47,50)9;1-10-42(11-2)62-43(35-60-52(58)28-18-37(3)46-24-26-48-44-22-20-40-16-12-14-31-54(40,6)49(44)30-33-56(46,48)8)36-61-53(59)29-19-38(4)47-25-27-50-45-23-21-41-17-13-15-32-55(41,7)51(45)34-39(5)57(47,50)9;;;;;;;;;;/h2*12-13,33,37-51H,10-11,14-32,34-36H2,1-9H3;;;;;;;;;;/q2*-3;;;;;;;;;;/t2*37?,38?,39-,40?,41?,43?,44?,45?,46?,47?,48?,49?,50?,51?,54?,55?,56?,57?;;;;;;;;;;/m11........../s1. The number of ether oxygens (including phenoxy) is 6. The Morgan fingerprint density at radius 1 is 0.313 bits per heavy atom. The van der Waals surface area contributed by atoms with Gasteiger partial charge in [-0.15, -0.1) is 0 Å². The molecule has 34 unspecified atom stereocenters. The molecule has 10 nitrogen and oxygen atoms in total. The van der Waals surface area contributed by atoms with Gasteiger partial charge in [-0.3, -0.25) is 19.2 Å². The van der Waals surface area contributed by atoms with E-state index in [1.807, 2.05) is 0 Å². The van der Waals surface area contributed by atoms with Crippen LogP contribution in [0.3, 0.4) is 0 Å². The molecule has 0 amide bonds. The Balaban J connectivity index is 0.000000441. The monoisotopic (exact) mass is 2600 g/mol. The van der Waals surface area contributed by atoms with E-state index in [2.05, 4.69) is 163 Å². The molecule has 0 bridgehead atoms. The summed E-state index contributed by atoms with van der Waals surface area (Å²) in [5.74, 6) is 19.2. The Bertz CT molecular complexity index is 3540. The fourth-order valence-corrected chi connectivity index (χ4v) is 37.0. The second-order valence-electron chi connectivity index (χ2n) is 49.4. The summed E-state index contributed by atoms with van der Waals surface area (Å²) in [5, 5.41) is 0. The maximum Gasteiger partial charge on any atom is 0.306 e. The second-order valence-corrected chi connectivity index (χ2v) is 49.4. The summed E-state index contributed by atoms with van der Waals surface area (Å²) in [5.41, 5.74) is 3.40. The molecule has 738 valence electrons. The van der Waals surface area contributed by atoms with Crippen molar-refractivity contribution in [3.8, 4) is 0 Å². The smallest absolute Gasteiger partial charge is 0.306 e. The number of rotatable bonds is 32. The molecule has 0 spiro atoms. The maximum absolute atomic E-state index is 13.6. The van der Waals surface area contributed by atoms with Crippen LogP contribution in [0.2, 0.25) is 0 Å². The Hall–Kier alpha value is 8.84. The first-order chi connectivity index (χ1) is 59.3. The van der Waals surface area contributed by atoms with Gasteiger partial charge in [0, 0.05) is 353 Å². The fraction of sp³-hybridized carbons (Fsp3) is 0.912. The van der Waals surface area contributed by atoms with Crippen LogP contribution in [0.15, 0.2) is 0 Å². The minimum atomic E-state index is -0.574. The predicted molar refractivity (Wildman–Crippen MR) is 502 cm³/mol. The molecule has 20 heteroatoms. The molecule has 0 saturated heterocycles. The maximum atomic E-state index is 13.6. The summed E-state index contributed by atoms with van der Waals surface area (Å²) < 4.78 is 36.7. The van der Waals surface area contributed by atoms with Gasteiger partial charge in [-0.05, 0) is 243 Å². The van der Waals surface area contributed by atoms with E-state index in [1.165, 1.54) is 205 Å². The Kier molecular flexibility index (Phi) is 58.4. The Labute approximate surface area is 1070 Å². The van der Waals surface area contributed by atoms with E-state index in [9.17, 15) is 19.2 Å². The van der Waals surface area contributed by atoms with Crippen LogP contribution in [0.4, 0.5) is 0 Å². The molecule has 0 aromatic rings. The summed E-state index contributed by atoms with van der Waals surface area (Å²) in [6.45, 7) is 45.1. The molecular weight excluding hydrogens is 2420 g/mol. The number of carbonyl (C=O) groups is 4. The van der Waals surface area contributed by atoms with Crippen molar-refractivity contribution in [2.24, 2.45) is 197 Å². The summed E-state index contributed by atoms with van der Waals surface area (Å²) in [6.07, 6.45) is 67.4. The molecule has 0 heterocycles. The summed E-state index contributed by atoms with van der Waals surface area (Å²) in [7, 11) is 0. The minimum absolute atomic E-state index is 0. The molecule has 16 saturated carbocycles. The average Bonchev–Trinajstić information content (AvgIpc) is 1.47. The number of carbonyl (C=O) groups excluding carboxylic acids is 4. The quantitative estimate of drug-likeness (QED) is 0.0365. The van der Waals surface area contributed by atoms with Gasteiger partial charge >= 0.3 is 23.9 Å². The van der Waals surface area contributed by atoms with Crippen LogP contribution in [0.5, 0.6) is 0 Å². The molecule has 36 atom stereocenters. The topological polar surface area (TPSA) is 124 Å². The van der Waals surface area contributed by atoms with Gasteiger partial charge in [0.05, 0.1) is 18.8 Å². The van der Waals surface area contributed by atoms with Gasteiger partial charge in [-0.25, -0.2) is 0 Å². The molecule has 0 aromatic heterocycles. The van der Waals surface area contributed by atoms with Gasteiger partial charge in [-0.1, -0.05) is 261 Å². The zero-order valence-corrected chi connectivity index (χ0v) is 117. The van der Waals surface area contributed by atoms with Crippen molar-refractivity contribution in [1.82, 2.24) is 0 Å². The Morgan fingerprint density at radius 2 is 0.604 bits per heavy atom. The van der Waals surface area contributed by atoms with Crippen molar-refractivity contribution in [2.75, 3.05) is 26.4 Å². The third-order valence-electron chi connectivity index (χ3n) is 44.8. The average molecular weight is 2610 g/mol. The van der Waals surface area contributed by atoms with Gasteiger partial charge in [0.2, 0.25) is 0 Å². The molecule has 0 N–H and O–H groups in total. The van der Waals surface area contributed by atoms with Crippen LogP contribution in [-0.4, -0.2) is 74.7 Å². The predicted octanol–water partition coefficient (Wildman–Crippen LogP) is 28.5. The van der Waals surface area contributed by atoms with Gasteiger partial charge < -0.3 is 66.9 Å². The molecule has 134 heavy (non-hydrogen) atoms. The molecule has 10 radical (unpaired) electrons. The largest absolute Gasteiger partial charge is 0.463 e. The molecule has 16 fully saturated rings. The molecular formula is C114H186O10Y10-6. The molecule has 16 rings (SSSR count). The van der Waals surface area contributed by atoms with Gasteiger partial charge in [0.1, 0.15) is 25.9 Å². The third-order valence-corrected chi connectivity index (χ3v) is 44.8. The van der Waals surface area contributed by atoms with Crippen LogP contribution < -0.4 is 0 Å². The van der Waals surface area contributed by atoms with Crippen molar-refractivity contribution in [1.29, 1.82) is 0 Å². The third kappa shape index (κ3) is 28.1. The minimum Gasteiger partial charge on any atom is -0.463 e. The van der Waals surface area contributed by atoms with Gasteiger partial charge in [0.25, 0.3) is 0 Å². The summed E-state index contributed by atoms with van der Waals surface area (Å²) in [6, 6.07) is 0. The zero-order valence-electron chi connectivity index (χ0n) is 88.6. The zero-order chi connectivity index (χ0) is 88.1. The van der Waals surface area contributed by atoms with Gasteiger partial charge in [0.15, 0.2) is 6.10 Å². The van der Waals surface area contributed by atoms with Crippen LogP contribution in [0.25, 0.3) is 0 Å². The van der Waals surface area contributed by atoms with E-state index < -0.39 is 12.2 Å². The van der Waals surface area contributed by atoms with Crippen molar-refractivity contribution < 1.29 is 375 Å². The summed E-state index contributed by atoms with van der Waals surface area (Å²) in [4.78, 5) is 53.8. The normalized spacial score (nSPS) is 41.7. The van der Waals surface area contributed by atoms with Crippen molar-refractivity contribution in [3.63, 3.8) is 0 Å². The molecule has 0 aromatic carbocycles. The molecule has 0 aliphatic heterocycles. The van der Waals surface area contributed by atoms with E-state index in [4.69, 9.17) is 28.4 Å². The summed E-state index contributed by atoms with van der Waals surface area (Å²) >= 11 is 0. The SMILES string of the molecule is CCC(CC)OC(COC(=O)CCC(C)C1CCC2C3CCC4C[CH-]CCC4(C)C3C[CH-]C12C)COC(=O)CCC(C)C1CCC2C3CCC4C[CH-]CCC4(C)C3C[C@@H](C)C12C.CCC(CC)OCC(COC(=O)CCC(C)C1CCC2C3CCC4C[CH-]CCC4(C)C3C[C@@H](C)C12C)OC(=O)CCC(C)C1CCC2C3CCC4C[CH-]CCC4(C)C3C[CH-]C12C.[Y].[Y].[Y].[Y].[Y].[Y].[Y].[Y].[Y].[Y]. The van der Waals surface area contributed by atoms with E-state index in [0.29, 0.717) is 106 Å². The molecule has 16 aliphatic rings. The van der Waals surface area contributed by atoms with E-state index >= 15 is 0 Å². The number of esters is 4. The first kappa shape index (κ1) is 133. The van der Waals surface area contributed by atoms with E-state index in [0.717, 1.165) is 158 Å². The van der Waals surface area contributed by atoms with Crippen molar-refractivity contribution in [2.45, 2.75) is 432 Å². The number of hydrogen-bond acceptors (Lipinski definition) is 10. The van der Waals surface area contributed by atoms with Crippen LogP contribution >= 0.6 is 0 Å². The number of fused-ring (bicyclic) bond motifs is 20. The van der Waals surface area contributed by atoms with E-state index in [-0.39, 0.29) is 400 Å². The first-order valence-electron chi connectivity index (χ1n) is 54.2. The van der Waals surface area contributed by atoms with Crippen molar-refractivity contribution >= 4 is 23.9 Å². The van der Waals surface area contributed by atoms with Crippen molar-refractivity contribution in [3.05, 3.63) is 38.5 Å². The van der Waals surface area contributed by atoms with E-state index in [1.54, 1.807) is 0 Å². The first-order valence-corrected chi connectivity index (χ1v) is 54.2. The van der Waals surface area contributed by atoms with Crippen LogP contribution in [-0.2, 0) is 375 Å². The Morgan fingerprint density at radius 3 is 0.940 bits per heavy atom. The second kappa shape index (κ2) is 58.7. The van der Waals surface area contributed by atoms with Crippen LogP contribution in [0.1, 0.15) is 407 Å². The van der Waals surface area contributed by atoms with Gasteiger partial charge in [-0.2, -0.15) is 75.0 Å². The molecule has 16 aliphatic carbocycles.